The largest absolute Gasteiger partial charge is 0.356 e. The molecule has 1 unspecified atom stereocenters. The zero-order valence-corrected chi connectivity index (χ0v) is 16.2. The van der Waals surface area contributed by atoms with Crippen molar-refractivity contribution in [1.29, 1.82) is 0 Å². The summed E-state index contributed by atoms with van der Waals surface area (Å²) in [5.74, 6) is 1.69. The van der Waals surface area contributed by atoms with E-state index < -0.39 is 0 Å². The number of likely N-dealkylation sites (tertiary alicyclic amines) is 1. The summed E-state index contributed by atoms with van der Waals surface area (Å²) in [4.78, 5) is 9.43. The van der Waals surface area contributed by atoms with Crippen LogP contribution in [0.1, 0.15) is 47.5 Å². The van der Waals surface area contributed by atoms with E-state index in [1.807, 2.05) is 7.05 Å². The lowest BCUT2D eigenvalue weighted by Crippen LogP contribution is -2.46. The zero-order valence-electron chi connectivity index (χ0n) is 16.2. The maximum absolute atomic E-state index is 4.35. The van der Waals surface area contributed by atoms with Crippen molar-refractivity contribution >= 4 is 5.96 Å². The summed E-state index contributed by atoms with van der Waals surface area (Å²) < 4.78 is 0. The van der Waals surface area contributed by atoms with E-state index in [9.17, 15) is 0 Å². The van der Waals surface area contributed by atoms with E-state index in [-0.39, 0.29) is 0 Å². The molecule has 1 atom stereocenters. The van der Waals surface area contributed by atoms with Gasteiger partial charge in [0.25, 0.3) is 0 Å². The normalized spacial score (nSPS) is 20.0. The SMILES string of the molecule is CCCN1CCC(CNC(=NC)NCCN(C(C)C)C(C)C)C1. The number of aliphatic imine (C=N–C) groups is 1. The molecule has 1 rings (SSSR count). The number of hydrogen-bond acceptors (Lipinski definition) is 3. The smallest absolute Gasteiger partial charge is 0.191 e. The van der Waals surface area contributed by atoms with Crippen LogP contribution in [0.5, 0.6) is 0 Å². The van der Waals surface area contributed by atoms with Crippen LogP contribution < -0.4 is 10.6 Å². The summed E-state index contributed by atoms with van der Waals surface area (Å²) >= 11 is 0. The molecule has 1 heterocycles. The zero-order chi connectivity index (χ0) is 17.2. The molecule has 0 aromatic heterocycles. The fourth-order valence-corrected chi connectivity index (χ4v) is 3.48. The van der Waals surface area contributed by atoms with Crippen molar-refractivity contribution in [3.05, 3.63) is 0 Å². The number of hydrogen-bond donors (Lipinski definition) is 2. The van der Waals surface area contributed by atoms with Gasteiger partial charge in [-0.25, -0.2) is 0 Å². The highest BCUT2D eigenvalue weighted by molar-refractivity contribution is 5.79. The Labute approximate surface area is 143 Å². The van der Waals surface area contributed by atoms with Crippen molar-refractivity contribution in [2.24, 2.45) is 10.9 Å². The Kier molecular flexibility index (Phi) is 9.56. The molecule has 0 radical (unpaired) electrons. The van der Waals surface area contributed by atoms with Crippen LogP contribution in [-0.4, -0.2) is 74.2 Å². The topological polar surface area (TPSA) is 42.9 Å². The van der Waals surface area contributed by atoms with E-state index in [1.54, 1.807) is 0 Å². The highest BCUT2D eigenvalue weighted by atomic mass is 15.2. The van der Waals surface area contributed by atoms with Gasteiger partial charge in [0.05, 0.1) is 0 Å². The first kappa shape index (κ1) is 20.2. The van der Waals surface area contributed by atoms with Gasteiger partial charge in [-0.2, -0.15) is 0 Å². The molecule has 1 aliphatic rings. The third kappa shape index (κ3) is 7.53. The van der Waals surface area contributed by atoms with E-state index >= 15 is 0 Å². The molecule has 0 aromatic carbocycles. The number of nitrogens with zero attached hydrogens (tertiary/aromatic N) is 3. The van der Waals surface area contributed by atoms with E-state index in [2.05, 4.69) is 60.0 Å². The third-order valence-corrected chi connectivity index (χ3v) is 4.68. The van der Waals surface area contributed by atoms with Crippen LogP contribution in [0.2, 0.25) is 0 Å². The summed E-state index contributed by atoms with van der Waals surface area (Å²) in [5, 5.41) is 6.95. The van der Waals surface area contributed by atoms with Gasteiger partial charge in [0.1, 0.15) is 0 Å². The summed E-state index contributed by atoms with van der Waals surface area (Å²) in [5.41, 5.74) is 0. The van der Waals surface area contributed by atoms with Crippen LogP contribution >= 0.6 is 0 Å². The van der Waals surface area contributed by atoms with Crippen LogP contribution in [0.3, 0.4) is 0 Å². The molecule has 5 nitrogen and oxygen atoms in total. The molecule has 0 spiro atoms. The Morgan fingerprint density at radius 2 is 1.91 bits per heavy atom. The van der Waals surface area contributed by atoms with Crippen molar-refractivity contribution in [3.63, 3.8) is 0 Å². The highest BCUT2D eigenvalue weighted by Crippen LogP contribution is 2.15. The van der Waals surface area contributed by atoms with E-state index in [0.29, 0.717) is 12.1 Å². The first-order valence-corrected chi connectivity index (χ1v) is 9.40. The van der Waals surface area contributed by atoms with Crippen LogP contribution in [0.15, 0.2) is 4.99 Å². The van der Waals surface area contributed by atoms with Crippen LogP contribution in [-0.2, 0) is 0 Å². The average Bonchev–Trinajstić information content (AvgIpc) is 2.93. The molecule has 1 aliphatic heterocycles. The second-order valence-corrected chi connectivity index (χ2v) is 7.26. The summed E-state index contributed by atoms with van der Waals surface area (Å²) in [6, 6.07) is 1.16. The first-order chi connectivity index (χ1) is 11.0. The summed E-state index contributed by atoms with van der Waals surface area (Å²) in [7, 11) is 1.86. The van der Waals surface area contributed by atoms with Gasteiger partial charge in [0.15, 0.2) is 5.96 Å². The maximum Gasteiger partial charge on any atom is 0.191 e. The molecule has 2 N–H and O–H groups in total. The Bertz CT molecular complexity index is 332. The van der Waals surface area contributed by atoms with Gasteiger partial charge in [0, 0.05) is 45.3 Å². The van der Waals surface area contributed by atoms with E-state index in [1.165, 1.54) is 32.5 Å². The molecular formula is C18H39N5. The van der Waals surface area contributed by atoms with Crippen molar-refractivity contribution < 1.29 is 0 Å². The number of guanidine groups is 1. The quantitative estimate of drug-likeness (QED) is 0.503. The first-order valence-electron chi connectivity index (χ1n) is 9.40. The predicted octanol–water partition coefficient (Wildman–Crippen LogP) is 2.00. The van der Waals surface area contributed by atoms with E-state index in [0.717, 1.165) is 31.5 Å². The maximum atomic E-state index is 4.35. The van der Waals surface area contributed by atoms with Crippen LogP contribution in [0.25, 0.3) is 0 Å². The minimum absolute atomic E-state index is 0.579. The predicted molar refractivity (Wildman–Crippen MR) is 101 cm³/mol. The molecule has 0 amide bonds. The molecule has 1 fully saturated rings. The lowest BCUT2D eigenvalue weighted by atomic mass is 10.1. The van der Waals surface area contributed by atoms with Gasteiger partial charge in [-0.15, -0.1) is 0 Å². The second kappa shape index (κ2) is 10.9. The minimum atomic E-state index is 0.579. The molecule has 23 heavy (non-hydrogen) atoms. The van der Waals surface area contributed by atoms with Crippen molar-refractivity contribution in [2.75, 3.05) is 46.3 Å². The Balaban J connectivity index is 2.25. The van der Waals surface area contributed by atoms with E-state index in [4.69, 9.17) is 0 Å². The lowest BCUT2D eigenvalue weighted by Gasteiger charge is -2.30. The van der Waals surface area contributed by atoms with Gasteiger partial charge in [0.2, 0.25) is 0 Å². The number of rotatable bonds is 9. The standard InChI is InChI=1S/C18H39N5/c1-7-10-22-11-8-17(14-22)13-21-18(19-6)20-9-12-23(15(2)3)16(4)5/h15-17H,7-14H2,1-6H3,(H2,19,20,21). The van der Waals surface area contributed by atoms with Crippen LogP contribution in [0.4, 0.5) is 0 Å². The summed E-state index contributed by atoms with van der Waals surface area (Å²) in [6.45, 7) is 18.0. The van der Waals surface area contributed by atoms with Gasteiger partial charge < -0.3 is 15.5 Å². The van der Waals surface area contributed by atoms with Crippen molar-refractivity contribution in [3.8, 4) is 0 Å². The van der Waals surface area contributed by atoms with Gasteiger partial charge >= 0.3 is 0 Å². The van der Waals surface area contributed by atoms with Gasteiger partial charge in [-0.1, -0.05) is 6.92 Å². The monoisotopic (exact) mass is 325 g/mol. The minimum Gasteiger partial charge on any atom is -0.356 e. The Hall–Kier alpha value is -0.810. The Morgan fingerprint density at radius 3 is 2.48 bits per heavy atom. The van der Waals surface area contributed by atoms with Crippen molar-refractivity contribution in [2.45, 2.75) is 59.5 Å². The summed E-state index contributed by atoms with van der Waals surface area (Å²) in [6.07, 6.45) is 2.56. The molecule has 1 saturated heterocycles. The molecular weight excluding hydrogens is 286 g/mol. The second-order valence-electron chi connectivity index (χ2n) is 7.26. The number of nitrogens with one attached hydrogen (secondary N) is 2. The molecule has 0 aliphatic carbocycles. The fourth-order valence-electron chi connectivity index (χ4n) is 3.48. The van der Waals surface area contributed by atoms with Gasteiger partial charge in [-0.05, 0) is 59.5 Å². The van der Waals surface area contributed by atoms with Crippen molar-refractivity contribution in [1.82, 2.24) is 20.4 Å². The molecule has 0 bridgehead atoms. The molecule has 5 heteroatoms. The molecule has 136 valence electrons. The fraction of sp³-hybridized carbons (Fsp3) is 0.944. The van der Waals surface area contributed by atoms with Crippen LogP contribution in [0, 0.1) is 5.92 Å². The highest BCUT2D eigenvalue weighted by Gasteiger charge is 2.21. The molecule has 0 saturated carbocycles. The van der Waals surface area contributed by atoms with Gasteiger partial charge in [-0.3, -0.25) is 9.89 Å². The lowest BCUT2D eigenvalue weighted by molar-refractivity contribution is 0.178. The molecule has 0 aromatic rings. The Morgan fingerprint density at radius 1 is 1.22 bits per heavy atom. The third-order valence-electron chi connectivity index (χ3n) is 4.68. The average molecular weight is 326 g/mol.